The molecule has 8 nitrogen and oxygen atoms in total. The highest BCUT2D eigenvalue weighted by Crippen LogP contribution is 2.36. The topological polar surface area (TPSA) is 93.2 Å². The molecule has 0 N–H and O–H groups in total. The highest BCUT2D eigenvalue weighted by molar-refractivity contribution is 7.89. The maximum Gasteiger partial charge on any atom is 0.252 e. The summed E-state index contributed by atoms with van der Waals surface area (Å²) in [6.45, 7) is -0.0759. The Balaban J connectivity index is 1.42. The molecule has 0 spiro atoms. The predicted molar refractivity (Wildman–Crippen MR) is 142 cm³/mol. The van der Waals surface area contributed by atoms with Crippen LogP contribution in [0, 0.1) is 0 Å². The Morgan fingerprint density at radius 1 is 0.868 bits per heavy atom. The van der Waals surface area contributed by atoms with Gasteiger partial charge in [-0.3, -0.25) is 9.59 Å². The number of fused-ring (bicyclic) bond motifs is 2. The second-order valence-electron chi connectivity index (χ2n) is 9.01. The molecule has 1 saturated heterocycles. The molecule has 0 aromatic heterocycles. The number of imide groups is 1. The van der Waals surface area contributed by atoms with Crippen molar-refractivity contribution in [2.75, 3.05) is 11.7 Å². The first-order chi connectivity index (χ1) is 18.3. The van der Waals surface area contributed by atoms with Crippen molar-refractivity contribution in [2.45, 2.75) is 23.9 Å². The number of hydrogen-bond acceptors (Lipinski definition) is 6. The maximum absolute atomic E-state index is 14.1. The summed E-state index contributed by atoms with van der Waals surface area (Å²) in [4.78, 5) is 27.7. The molecule has 192 valence electrons. The number of carbonyl (C=O) groups is 2. The number of halogens is 1. The van der Waals surface area contributed by atoms with E-state index in [4.69, 9.17) is 21.1 Å². The summed E-state index contributed by atoms with van der Waals surface area (Å²) in [5.74, 6) is -0.0740. The minimum Gasteiger partial charge on any atom is -0.454 e. The smallest absolute Gasteiger partial charge is 0.252 e. The van der Waals surface area contributed by atoms with Crippen LogP contribution in [0.2, 0.25) is 5.02 Å². The van der Waals surface area contributed by atoms with Crippen LogP contribution in [0.5, 0.6) is 11.5 Å². The molecule has 0 saturated carbocycles. The lowest BCUT2D eigenvalue weighted by Crippen LogP contribution is -2.45. The molecule has 1 fully saturated rings. The number of carbonyl (C=O) groups excluding carboxylic acids is 2. The van der Waals surface area contributed by atoms with Crippen LogP contribution in [-0.2, 0) is 26.2 Å². The highest BCUT2D eigenvalue weighted by atomic mass is 35.5. The summed E-state index contributed by atoms with van der Waals surface area (Å²) in [6.07, 6.45) is -0.293. The Labute approximate surface area is 224 Å². The van der Waals surface area contributed by atoms with Crippen LogP contribution in [0.4, 0.5) is 5.69 Å². The van der Waals surface area contributed by atoms with E-state index >= 15 is 0 Å². The van der Waals surface area contributed by atoms with E-state index in [-0.39, 0.29) is 24.7 Å². The minimum absolute atomic E-state index is 0.0298. The van der Waals surface area contributed by atoms with E-state index in [1.165, 1.54) is 6.07 Å². The number of benzene rings is 4. The Bertz CT molecular complexity index is 1690. The van der Waals surface area contributed by atoms with Crippen LogP contribution >= 0.6 is 11.6 Å². The van der Waals surface area contributed by atoms with E-state index in [1.54, 1.807) is 54.6 Å². The van der Waals surface area contributed by atoms with Gasteiger partial charge < -0.3 is 9.47 Å². The zero-order valence-corrected chi connectivity index (χ0v) is 21.5. The molecule has 2 amide bonds. The molecule has 2 heterocycles. The maximum atomic E-state index is 14.1. The molecule has 0 radical (unpaired) electrons. The predicted octanol–water partition coefficient (Wildman–Crippen LogP) is 4.74. The molecule has 2 aliphatic rings. The first kappa shape index (κ1) is 24.4. The van der Waals surface area contributed by atoms with Gasteiger partial charge in [-0.05, 0) is 64.9 Å². The van der Waals surface area contributed by atoms with E-state index in [0.29, 0.717) is 27.8 Å². The van der Waals surface area contributed by atoms with Gasteiger partial charge in [0.25, 0.3) is 5.91 Å². The zero-order chi connectivity index (χ0) is 26.4. The number of nitrogens with zero attached hydrogens (tertiary/aromatic N) is 2. The fourth-order valence-corrected chi connectivity index (χ4v) is 6.48. The average molecular weight is 549 g/mol. The van der Waals surface area contributed by atoms with E-state index in [1.807, 2.05) is 24.3 Å². The molecule has 10 heteroatoms. The summed E-state index contributed by atoms with van der Waals surface area (Å²) in [5, 5.41) is 2.08. The summed E-state index contributed by atoms with van der Waals surface area (Å²) in [5.41, 5.74) is 0.918. The van der Waals surface area contributed by atoms with Crippen molar-refractivity contribution in [2.24, 2.45) is 0 Å². The van der Waals surface area contributed by atoms with E-state index in [0.717, 1.165) is 20.0 Å². The van der Waals surface area contributed by atoms with E-state index < -0.39 is 27.9 Å². The van der Waals surface area contributed by atoms with Gasteiger partial charge in [0.1, 0.15) is 6.04 Å². The Hall–Kier alpha value is -3.92. The summed E-state index contributed by atoms with van der Waals surface area (Å²) < 4.78 is 40.2. The second kappa shape index (κ2) is 9.43. The van der Waals surface area contributed by atoms with Gasteiger partial charge in [0.2, 0.25) is 22.7 Å². The molecule has 38 heavy (non-hydrogen) atoms. The van der Waals surface area contributed by atoms with Gasteiger partial charge in [-0.25, -0.2) is 13.3 Å². The monoisotopic (exact) mass is 548 g/mol. The number of rotatable bonds is 6. The first-order valence-corrected chi connectivity index (χ1v) is 13.6. The Kier molecular flexibility index (Phi) is 6.06. The fourth-order valence-electron chi connectivity index (χ4n) is 4.75. The average Bonchev–Trinajstić information content (AvgIpc) is 3.50. The molecular weight excluding hydrogens is 528 g/mol. The third kappa shape index (κ3) is 4.28. The zero-order valence-electron chi connectivity index (χ0n) is 19.9. The molecule has 6 rings (SSSR count). The number of amides is 2. The minimum atomic E-state index is -4.22. The van der Waals surface area contributed by atoms with Gasteiger partial charge in [-0.1, -0.05) is 48.0 Å². The fraction of sp³-hybridized carbons (Fsp3) is 0.143. The standard InChI is InChI=1S/C28H21ClN2O6S/c29-21-7-9-22(10-8-21)31-27(32)15-24(28(31)33)30(16-18-5-12-25-26(13-18)37-17-36-25)38(34,35)23-11-6-19-3-1-2-4-20(19)14-23/h1-14,24H,15-17H2. The number of anilines is 1. The number of hydrogen-bond donors (Lipinski definition) is 0. The summed E-state index contributed by atoms with van der Waals surface area (Å²) in [6, 6.07) is 22.3. The van der Waals surface area contributed by atoms with Gasteiger partial charge in [-0.2, -0.15) is 4.31 Å². The summed E-state index contributed by atoms with van der Waals surface area (Å²) >= 11 is 5.97. The van der Waals surface area contributed by atoms with E-state index in [9.17, 15) is 18.0 Å². The molecule has 0 aliphatic carbocycles. The third-order valence-corrected chi connectivity index (χ3v) is 8.76. The molecule has 4 aromatic carbocycles. The van der Waals surface area contributed by atoms with Crippen LogP contribution in [0.1, 0.15) is 12.0 Å². The van der Waals surface area contributed by atoms with Crippen molar-refractivity contribution in [3.63, 3.8) is 0 Å². The quantitative estimate of drug-likeness (QED) is 0.323. The van der Waals surface area contributed by atoms with E-state index in [2.05, 4.69) is 0 Å². The lowest BCUT2D eigenvalue weighted by molar-refractivity contribution is -0.122. The van der Waals surface area contributed by atoms with Crippen LogP contribution in [0.25, 0.3) is 10.8 Å². The lowest BCUT2D eigenvalue weighted by Gasteiger charge is -2.27. The first-order valence-electron chi connectivity index (χ1n) is 11.8. The molecular formula is C28H21ClN2O6S. The molecule has 4 aromatic rings. The van der Waals surface area contributed by atoms with Crippen molar-refractivity contribution in [3.05, 3.63) is 95.5 Å². The van der Waals surface area contributed by atoms with Crippen LogP contribution in [0.3, 0.4) is 0 Å². The van der Waals surface area contributed by atoms with Crippen molar-refractivity contribution in [1.29, 1.82) is 0 Å². The summed E-state index contributed by atoms with van der Waals surface area (Å²) in [7, 11) is -4.22. The van der Waals surface area contributed by atoms with Crippen molar-refractivity contribution < 1.29 is 27.5 Å². The molecule has 1 atom stereocenters. The molecule has 1 unspecified atom stereocenters. The second-order valence-corrected chi connectivity index (χ2v) is 11.3. The van der Waals surface area contributed by atoms with Crippen LogP contribution in [-0.4, -0.2) is 37.4 Å². The van der Waals surface area contributed by atoms with Gasteiger partial charge in [-0.15, -0.1) is 0 Å². The largest absolute Gasteiger partial charge is 0.454 e. The van der Waals surface area contributed by atoms with Gasteiger partial charge in [0.15, 0.2) is 11.5 Å². The Morgan fingerprint density at radius 3 is 2.39 bits per heavy atom. The van der Waals surface area contributed by atoms with Crippen molar-refractivity contribution in [3.8, 4) is 11.5 Å². The van der Waals surface area contributed by atoms with Gasteiger partial charge >= 0.3 is 0 Å². The number of sulfonamides is 1. The highest BCUT2D eigenvalue weighted by Gasteiger charge is 2.47. The Morgan fingerprint density at radius 2 is 1.61 bits per heavy atom. The van der Waals surface area contributed by atoms with Crippen LogP contribution in [0.15, 0.2) is 89.8 Å². The molecule has 2 aliphatic heterocycles. The normalized spacial score (nSPS) is 17.1. The number of ether oxygens (including phenoxy) is 2. The molecule has 0 bridgehead atoms. The third-order valence-electron chi connectivity index (χ3n) is 6.66. The van der Waals surface area contributed by atoms with Crippen molar-refractivity contribution >= 4 is 49.9 Å². The van der Waals surface area contributed by atoms with Gasteiger partial charge in [0.05, 0.1) is 17.0 Å². The van der Waals surface area contributed by atoms with Gasteiger partial charge in [0, 0.05) is 11.6 Å². The lowest BCUT2D eigenvalue weighted by atomic mass is 10.1. The SMILES string of the molecule is O=C1CC(N(Cc2ccc3c(c2)OCO3)S(=O)(=O)c2ccc3ccccc3c2)C(=O)N1c1ccc(Cl)cc1. The van der Waals surface area contributed by atoms with Crippen LogP contribution < -0.4 is 14.4 Å². The van der Waals surface area contributed by atoms with Crippen molar-refractivity contribution in [1.82, 2.24) is 4.31 Å².